The molecule has 22 heavy (non-hydrogen) atoms. The average Bonchev–Trinajstić information content (AvgIpc) is 2.53. The Morgan fingerprint density at radius 1 is 1.14 bits per heavy atom. The summed E-state index contributed by atoms with van der Waals surface area (Å²) < 4.78 is 11.3. The summed E-state index contributed by atoms with van der Waals surface area (Å²) in [5.74, 6) is 1.64. The smallest absolute Gasteiger partial charge is 0.133 e. The van der Waals surface area contributed by atoms with Crippen LogP contribution >= 0.6 is 15.9 Å². The molecule has 0 aliphatic carbocycles. The summed E-state index contributed by atoms with van der Waals surface area (Å²) in [4.78, 5) is 4.50. The molecule has 5 heteroatoms. The molecule has 1 N–H and O–H groups in total. The van der Waals surface area contributed by atoms with Gasteiger partial charge in [-0.25, -0.2) is 0 Å². The van der Waals surface area contributed by atoms with Gasteiger partial charge in [-0.05, 0) is 58.7 Å². The van der Waals surface area contributed by atoms with Crippen molar-refractivity contribution in [3.05, 3.63) is 52.0 Å². The first-order chi connectivity index (χ1) is 10.5. The van der Waals surface area contributed by atoms with Crippen molar-refractivity contribution < 1.29 is 14.6 Å². The zero-order valence-electron chi connectivity index (χ0n) is 12.7. The van der Waals surface area contributed by atoms with E-state index in [9.17, 15) is 5.11 Å². The fourth-order valence-corrected chi connectivity index (χ4v) is 2.54. The average molecular weight is 364 g/mol. The van der Waals surface area contributed by atoms with Crippen molar-refractivity contribution in [3.8, 4) is 17.2 Å². The minimum Gasteiger partial charge on any atom is -0.507 e. The van der Waals surface area contributed by atoms with E-state index in [0.717, 1.165) is 15.8 Å². The maximum Gasteiger partial charge on any atom is 0.133 e. The van der Waals surface area contributed by atoms with Crippen LogP contribution in [0, 0.1) is 0 Å². The number of nitrogens with zero attached hydrogens (tertiary/aromatic N) is 1. The highest BCUT2D eigenvalue weighted by atomic mass is 79.9. The lowest BCUT2D eigenvalue weighted by molar-refractivity contribution is 0.412. The van der Waals surface area contributed by atoms with E-state index in [1.54, 1.807) is 38.6 Å². The van der Waals surface area contributed by atoms with Gasteiger partial charge in [0.1, 0.15) is 17.2 Å². The third kappa shape index (κ3) is 3.80. The number of hydrogen-bond donors (Lipinski definition) is 1. The molecule has 0 heterocycles. The fraction of sp³-hybridized carbons (Fsp3) is 0.235. The molecule has 1 atom stereocenters. The fourth-order valence-electron chi connectivity index (χ4n) is 1.98. The molecule has 2 aromatic rings. The van der Waals surface area contributed by atoms with Gasteiger partial charge in [0, 0.05) is 11.8 Å². The van der Waals surface area contributed by atoms with Crippen LogP contribution in [0.4, 0.5) is 0 Å². The normalized spacial score (nSPS) is 12.4. The number of aromatic hydroxyl groups is 1. The van der Waals surface area contributed by atoms with Gasteiger partial charge in [0.2, 0.25) is 0 Å². The first-order valence-electron chi connectivity index (χ1n) is 6.78. The molecule has 0 saturated carbocycles. The summed E-state index contributed by atoms with van der Waals surface area (Å²) in [6.07, 6.45) is 1.65. The Morgan fingerprint density at radius 2 is 1.91 bits per heavy atom. The highest BCUT2D eigenvalue weighted by Gasteiger charge is 2.07. The second kappa shape index (κ2) is 7.31. The molecule has 2 rings (SSSR count). The molecule has 0 aliphatic rings. The molecule has 0 unspecified atom stereocenters. The maximum atomic E-state index is 9.86. The van der Waals surface area contributed by atoms with Crippen molar-refractivity contribution >= 4 is 22.1 Å². The lowest BCUT2D eigenvalue weighted by atomic mass is 10.1. The molecule has 2 aromatic carbocycles. The summed E-state index contributed by atoms with van der Waals surface area (Å²) in [5, 5.41) is 9.86. The van der Waals surface area contributed by atoms with Gasteiger partial charge in [-0.2, -0.15) is 0 Å². The molecule has 0 aromatic heterocycles. The van der Waals surface area contributed by atoms with E-state index < -0.39 is 0 Å². The highest BCUT2D eigenvalue weighted by Crippen LogP contribution is 2.29. The van der Waals surface area contributed by atoms with Gasteiger partial charge in [0.05, 0.1) is 24.7 Å². The zero-order valence-corrected chi connectivity index (χ0v) is 14.3. The van der Waals surface area contributed by atoms with Crippen LogP contribution in [0.1, 0.15) is 24.1 Å². The molecule has 0 amide bonds. The summed E-state index contributed by atoms with van der Waals surface area (Å²) >= 11 is 3.47. The third-order valence-corrected chi connectivity index (χ3v) is 3.95. The predicted octanol–water partition coefficient (Wildman–Crippen LogP) is 4.35. The molecule has 0 radical (unpaired) electrons. The summed E-state index contributed by atoms with van der Waals surface area (Å²) in [5.41, 5.74) is 1.67. The van der Waals surface area contributed by atoms with E-state index in [4.69, 9.17) is 9.47 Å². The Balaban J connectivity index is 2.21. The first kappa shape index (κ1) is 16.4. The van der Waals surface area contributed by atoms with Crippen LogP contribution < -0.4 is 9.47 Å². The first-order valence-corrected chi connectivity index (χ1v) is 7.58. The van der Waals surface area contributed by atoms with E-state index in [2.05, 4.69) is 20.9 Å². The van der Waals surface area contributed by atoms with Gasteiger partial charge in [-0.15, -0.1) is 0 Å². The Morgan fingerprint density at radius 3 is 2.55 bits per heavy atom. The second-order valence-corrected chi connectivity index (χ2v) is 5.63. The molecule has 0 bridgehead atoms. The highest BCUT2D eigenvalue weighted by molar-refractivity contribution is 9.10. The Labute approximate surface area is 138 Å². The minimum atomic E-state index is -0.0483. The van der Waals surface area contributed by atoms with Crippen LogP contribution in [0.3, 0.4) is 0 Å². The maximum absolute atomic E-state index is 9.86. The van der Waals surface area contributed by atoms with Crippen molar-refractivity contribution in [2.45, 2.75) is 13.0 Å². The van der Waals surface area contributed by atoms with E-state index in [0.29, 0.717) is 11.3 Å². The molecular weight excluding hydrogens is 346 g/mol. The van der Waals surface area contributed by atoms with E-state index in [1.165, 1.54) is 0 Å². The van der Waals surface area contributed by atoms with Crippen LogP contribution in [0.2, 0.25) is 0 Å². The summed E-state index contributed by atoms with van der Waals surface area (Å²) in [6, 6.07) is 10.8. The van der Waals surface area contributed by atoms with Gasteiger partial charge in [-0.1, -0.05) is 6.07 Å². The summed E-state index contributed by atoms with van der Waals surface area (Å²) in [6.45, 7) is 1.99. The minimum absolute atomic E-state index is 0.0483. The number of phenolic OH excluding ortho intramolecular Hbond substituents is 1. The molecule has 116 valence electrons. The van der Waals surface area contributed by atoms with E-state index in [1.807, 2.05) is 25.1 Å². The monoisotopic (exact) mass is 363 g/mol. The van der Waals surface area contributed by atoms with Crippen LogP contribution in [0.25, 0.3) is 0 Å². The lowest BCUT2D eigenvalue weighted by Gasteiger charge is -2.10. The largest absolute Gasteiger partial charge is 0.507 e. The number of aliphatic imine (C=N–C) groups is 1. The number of ether oxygens (including phenoxy) is 2. The second-order valence-electron chi connectivity index (χ2n) is 4.77. The molecule has 0 fully saturated rings. The Kier molecular flexibility index (Phi) is 5.44. The molecule has 0 aliphatic heterocycles. The zero-order chi connectivity index (χ0) is 16.1. The SMILES string of the molecule is COc1ccc(O)c(C=N[C@@H](C)c2ccc(OC)c(Br)c2)c1. The van der Waals surface area contributed by atoms with Gasteiger partial charge in [0.15, 0.2) is 0 Å². The van der Waals surface area contributed by atoms with Crippen molar-refractivity contribution in [2.24, 2.45) is 4.99 Å². The predicted molar refractivity (Wildman–Crippen MR) is 91.4 cm³/mol. The van der Waals surface area contributed by atoms with Gasteiger partial charge < -0.3 is 14.6 Å². The Bertz CT molecular complexity index is 686. The van der Waals surface area contributed by atoms with Gasteiger partial charge in [-0.3, -0.25) is 4.99 Å². The lowest BCUT2D eigenvalue weighted by Crippen LogP contribution is -1.94. The number of hydrogen-bond acceptors (Lipinski definition) is 4. The van der Waals surface area contributed by atoms with Crippen LogP contribution in [-0.2, 0) is 0 Å². The van der Waals surface area contributed by atoms with Crippen molar-refractivity contribution in [2.75, 3.05) is 14.2 Å². The number of benzene rings is 2. The number of phenols is 1. The Hall–Kier alpha value is -2.01. The summed E-state index contributed by atoms with van der Waals surface area (Å²) in [7, 11) is 3.22. The number of methoxy groups -OCH3 is 2. The standard InChI is InChI=1S/C17H18BrNO3/c1-11(12-4-7-17(22-3)15(18)9-12)19-10-13-8-14(21-2)5-6-16(13)20/h4-11,20H,1-3H3/t11-/m0/s1. The third-order valence-electron chi connectivity index (χ3n) is 3.33. The molecular formula is C17H18BrNO3. The van der Waals surface area contributed by atoms with Crippen LogP contribution in [0.5, 0.6) is 17.2 Å². The molecule has 0 saturated heterocycles. The molecule has 0 spiro atoms. The van der Waals surface area contributed by atoms with Gasteiger partial charge >= 0.3 is 0 Å². The van der Waals surface area contributed by atoms with E-state index >= 15 is 0 Å². The van der Waals surface area contributed by atoms with Gasteiger partial charge in [0.25, 0.3) is 0 Å². The van der Waals surface area contributed by atoms with E-state index in [-0.39, 0.29) is 11.8 Å². The number of halogens is 1. The topological polar surface area (TPSA) is 51.0 Å². The quantitative estimate of drug-likeness (QED) is 0.803. The van der Waals surface area contributed by atoms with Crippen molar-refractivity contribution in [1.29, 1.82) is 0 Å². The van der Waals surface area contributed by atoms with Crippen LogP contribution in [0.15, 0.2) is 45.9 Å². The molecule has 4 nitrogen and oxygen atoms in total. The van der Waals surface area contributed by atoms with Crippen molar-refractivity contribution in [3.63, 3.8) is 0 Å². The van der Waals surface area contributed by atoms with Crippen molar-refractivity contribution in [1.82, 2.24) is 0 Å². The number of rotatable bonds is 5. The van der Waals surface area contributed by atoms with Crippen LogP contribution in [-0.4, -0.2) is 25.5 Å².